The van der Waals surface area contributed by atoms with E-state index in [1.54, 1.807) is 7.11 Å². The normalized spacial score (nSPS) is 10.0. The molecule has 0 aromatic heterocycles. The molecular formula is C9H19NO3. The molecule has 0 atom stereocenters. The largest absolute Gasteiger partial charge is 0.469 e. The van der Waals surface area contributed by atoms with Gasteiger partial charge in [-0.15, -0.1) is 0 Å². The van der Waals surface area contributed by atoms with Crippen molar-refractivity contribution in [2.24, 2.45) is 0 Å². The van der Waals surface area contributed by atoms with Gasteiger partial charge in [-0.3, -0.25) is 4.79 Å². The lowest BCUT2D eigenvalue weighted by atomic mass is 10.3. The minimum Gasteiger partial charge on any atom is -0.469 e. The molecule has 4 heteroatoms. The summed E-state index contributed by atoms with van der Waals surface area (Å²) in [5.74, 6) is -0.140. The lowest BCUT2D eigenvalue weighted by molar-refractivity contribution is -0.140. The van der Waals surface area contributed by atoms with Crippen molar-refractivity contribution in [3.8, 4) is 0 Å². The third-order valence-electron chi connectivity index (χ3n) is 1.66. The van der Waals surface area contributed by atoms with Crippen molar-refractivity contribution in [2.45, 2.75) is 19.3 Å². The Bertz CT molecular complexity index is 128. The summed E-state index contributed by atoms with van der Waals surface area (Å²) >= 11 is 0. The minimum atomic E-state index is -0.140. The van der Waals surface area contributed by atoms with Crippen LogP contribution in [0, 0.1) is 0 Å². The Balaban J connectivity index is 2.95. The van der Waals surface area contributed by atoms with Crippen LogP contribution in [0.4, 0.5) is 0 Å². The van der Waals surface area contributed by atoms with Crippen LogP contribution in [0.1, 0.15) is 19.3 Å². The fourth-order valence-corrected chi connectivity index (χ4v) is 0.926. The van der Waals surface area contributed by atoms with Gasteiger partial charge in [0.15, 0.2) is 0 Å². The molecule has 0 unspecified atom stereocenters. The summed E-state index contributed by atoms with van der Waals surface area (Å²) in [7, 11) is 3.10. The first kappa shape index (κ1) is 12.4. The third-order valence-corrected chi connectivity index (χ3v) is 1.66. The zero-order valence-corrected chi connectivity index (χ0v) is 8.47. The molecular weight excluding hydrogens is 170 g/mol. The van der Waals surface area contributed by atoms with Crippen molar-refractivity contribution in [2.75, 3.05) is 33.9 Å². The molecule has 0 heterocycles. The van der Waals surface area contributed by atoms with E-state index in [4.69, 9.17) is 4.74 Å². The SMILES string of the molecule is COCCCNCCCC(=O)OC. The van der Waals surface area contributed by atoms with Crippen LogP contribution in [0.2, 0.25) is 0 Å². The standard InChI is InChI=1S/C9H19NO3/c1-12-8-4-7-10-6-3-5-9(11)13-2/h10H,3-8H2,1-2H3. The smallest absolute Gasteiger partial charge is 0.305 e. The van der Waals surface area contributed by atoms with E-state index in [0.717, 1.165) is 32.5 Å². The predicted molar refractivity (Wildman–Crippen MR) is 50.6 cm³/mol. The number of hydrogen-bond donors (Lipinski definition) is 1. The molecule has 0 aliphatic rings. The maximum atomic E-state index is 10.7. The Kier molecular flexibility index (Phi) is 9.03. The molecule has 78 valence electrons. The van der Waals surface area contributed by atoms with Gasteiger partial charge in [0.1, 0.15) is 0 Å². The number of esters is 1. The minimum absolute atomic E-state index is 0.140. The highest BCUT2D eigenvalue weighted by molar-refractivity contribution is 5.68. The second kappa shape index (κ2) is 9.48. The Hall–Kier alpha value is -0.610. The highest BCUT2D eigenvalue weighted by atomic mass is 16.5. The van der Waals surface area contributed by atoms with Crippen molar-refractivity contribution in [3.63, 3.8) is 0 Å². The van der Waals surface area contributed by atoms with Crippen molar-refractivity contribution < 1.29 is 14.3 Å². The van der Waals surface area contributed by atoms with Gasteiger partial charge in [0.05, 0.1) is 7.11 Å². The van der Waals surface area contributed by atoms with Crippen LogP contribution in [-0.4, -0.2) is 39.9 Å². The number of rotatable bonds is 8. The first-order chi connectivity index (χ1) is 6.31. The number of methoxy groups -OCH3 is 2. The molecule has 0 rings (SSSR count). The van der Waals surface area contributed by atoms with Crippen molar-refractivity contribution in [3.05, 3.63) is 0 Å². The summed E-state index contributed by atoms with van der Waals surface area (Å²) in [6.07, 6.45) is 2.34. The lowest BCUT2D eigenvalue weighted by Crippen LogP contribution is -2.18. The first-order valence-electron chi connectivity index (χ1n) is 4.57. The predicted octanol–water partition coefficient (Wildman–Crippen LogP) is 0.566. The van der Waals surface area contributed by atoms with Crippen LogP contribution in [0.5, 0.6) is 0 Å². The van der Waals surface area contributed by atoms with E-state index in [1.165, 1.54) is 7.11 Å². The fourth-order valence-electron chi connectivity index (χ4n) is 0.926. The second-order valence-electron chi connectivity index (χ2n) is 2.78. The molecule has 0 saturated heterocycles. The van der Waals surface area contributed by atoms with Crippen LogP contribution < -0.4 is 5.32 Å². The Morgan fingerprint density at radius 1 is 1.23 bits per heavy atom. The van der Waals surface area contributed by atoms with Gasteiger partial charge in [0, 0.05) is 20.1 Å². The number of carbonyl (C=O) groups excluding carboxylic acids is 1. The molecule has 1 N–H and O–H groups in total. The van der Waals surface area contributed by atoms with Gasteiger partial charge in [0.25, 0.3) is 0 Å². The van der Waals surface area contributed by atoms with Crippen LogP contribution in [0.3, 0.4) is 0 Å². The maximum Gasteiger partial charge on any atom is 0.305 e. The third kappa shape index (κ3) is 9.30. The summed E-state index contributed by atoms with van der Waals surface area (Å²) in [6, 6.07) is 0. The van der Waals surface area contributed by atoms with Gasteiger partial charge in [0.2, 0.25) is 0 Å². The molecule has 0 aromatic rings. The molecule has 0 aromatic carbocycles. The van der Waals surface area contributed by atoms with E-state index in [-0.39, 0.29) is 5.97 Å². The molecule has 0 radical (unpaired) electrons. The Morgan fingerprint density at radius 2 is 1.92 bits per heavy atom. The Morgan fingerprint density at radius 3 is 2.54 bits per heavy atom. The monoisotopic (exact) mass is 189 g/mol. The Labute approximate surface area is 79.6 Å². The topological polar surface area (TPSA) is 47.6 Å². The van der Waals surface area contributed by atoms with Crippen molar-refractivity contribution >= 4 is 5.97 Å². The number of nitrogens with one attached hydrogen (secondary N) is 1. The average molecular weight is 189 g/mol. The van der Waals surface area contributed by atoms with E-state index in [2.05, 4.69) is 10.1 Å². The van der Waals surface area contributed by atoms with E-state index >= 15 is 0 Å². The van der Waals surface area contributed by atoms with Gasteiger partial charge in [-0.2, -0.15) is 0 Å². The van der Waals surface area contributed by atoms with Gasteiger partial charge >= 0.3 is 5.97 Å². The summed E-state index contributed by atoms with van der Waals surface area (Å²) in [4.78, 5) is 10.7. The van der Waals surface area contributed by atoms with Crippen LogP contribution >= 0.6 is 0 Å². The zero-order chi connectivity index (χ0) is 9.94. The van der Waals surface area contributed by atoms with E-state index in [1.807, 2.05) is 0 Å². The first-order valence-corrected chi connectivity index (χ1v) is 4.57. The van der Waals surface area contributed by atoms with Crippen LogP contribution in [0.25, 0.3) is 0 Å². The van der Waals surface area contributed by atoms with E-state index in [9.17, 15) is 4.79 Å². The lowest BCUT2D eigenvalue weighted by Gasteiger charge is -2.03. The van der Waals surface area contributed by atoms with Gasteiger partial charge in [-0.1, -0.05) is 0 Å². The molecule has 4 nitrogen and oxygen atoms in total. The van der Waals surface area contributed by atoms with Crippen LogP contribution in [0.15, 0.2) is 0 Å². The molecule has 0 amide bonds. The zero-order valence-electron chi connectivity index (χ0n) is 8.47. The number of ether oxygens (including phenoxy) is 2. The van der Waals surface area contributed by atoms with Gasteiger partial charge in [-0.05, 0) is 25.9 Å². The number of carbonyl (C=O) groups is 1. The summed E-state index contributed by atoms with van der Waals surface area (Å²) in [6.45, 7) is 2.58. The average Bonchev–Trinajstić information content (AvgIpc) is 2.16. The molecule has 0 aliphatic carbocycles. The summed E-state index contributed by atoms with van der Waals surface area (Å²) in [5.41, 5.74) is 0. The van der Waals surface area contributed by atoms with Crippen LogP contribution in [-0.2, 0) is 14.3 Å². The quantitative estimate of drug-likeness (QED) is 0.448. The molecule has 0 spiro atoms. The molecule has 0 aliphatic heterocycles. The van der Waals surface area contributed by atoms with Gasteiger partial charge in [-0.25, -0.2) is 0 Å². The van der Waals surface area contributed by atoms with Gasteiger partial charge < -0.3 is 14.8 Å². The molecule has 13 heavy (non-hydrogen) atoms. The highest BCUT2D eigenvalue weighted by Gasteiger charge is 1.97. The fraction of sp³-hybridized carbons (Fsp3) is 0.889. The van der Waals surface area contributed by atoms with Crippen molar-refractivity contribution in [1.82, 2.24) is 5.32 Å². The molecule has 0 saturated carbocycles. The number of hydrogen-bond acceptors (Lipinski definition) is 4. The van der Waals surface area contributed by atoms with E-state index in [0.29, 0.717) is 6.42 Å². The highest BCUT2D eigenvalue weighted by Crippen LogP contribution is 1.89. The second-order valence-corrected chi connectivity index (χ2v) is 2.78. The van der Waals surface area contributed by atoms with Crippen molar-refractivity contribution in [1.29, 1.82) is 0 Å². The summed E-state index contributed by atoms with van der Waals surface area (Å²) in [5, 5.41) is 3.21. The van der Waals surface area contributed by atoms with E-state index < -0.39 is 0 Å². The summed E-state index contributed by atoms with van der Waals surface area (Å²) < 4.78 is 9.40. The molecule has 0 fully saturated rings. The molecule has 0 bridgehead atoms. The maximum absolute atomic E-state index is 10.7.